The highest BCUT2D eigenvalue weighted by Gasteiger charge is 2.15. The number of benzene rings is 1. The summed E-state index contributed by atoms with van der Waals surface area (Å²) in [6.45, 7) is 1.93. The summed E-state index contributed by atoms with van der Waals surface area (Å²) in [5.41, 5.74) is 0.557. The van der Waals surface area contributed by atoms with Crippen LogP contribution >= 0.6 is 11.3 Å². The van der Waals surface area contributed by atoms with Gasteiger partial charge in [-0.3, -0.25) is 0 Å². The van der Waals surface area contributed by atoms with Crippen molar-refractivity contribution in [1.82, 2.24) is 4.98 Å². The molecule has 1 atom stereocenters. The normalized spacial score (nSPS) is 12.9. The van der Waals surface area contributed by atoms with Gasteiger partial charge in [-0.05, 0) is 25.1 Å². The second-order valence-corrected chi connectivity index (χ2v) is 6.63. The van der Waals surface area contributed by atoms with E-state index in [0.717, 1.165) is 5.01 Å². The van der Waals surface area contributed by atoms with E-state index in [-0.39, 0.29) is 10.9 Å². The molecule has 0 bridgehead atoms. The predicted octanol–water partition coefficient (Wildman–Crippen LogP) is 1.97. The molecule has 20 heavy (non-hydrogen) atoms. The standard InChI is InChI=1S/C12H15N3O3S2/c1-8(12-14-5-6-19-12)15-10-7-9(20(13,16)17)3-4-11(10)18-2/h3-8,15H,1-2H3,(H2,13,16,17). The molecule has 0 radical (unpaired) electrons. The van der Waals surface area contributed by atoms with E-state index >= 15 is 0 Å². The second-order valence-electron chi connectivity index (χ2n) is 4.14. The van der Waals surface area contributed by atoms with Gasteiger partial charge in [-0.15, -0.1) is 11.3 Å². The SMILES string of the molecule is COc1ccc(S(N)(=O)=O)cc1NC(C)c1nccs1. The van der Waals surface area contributed by atoms with Crippen molar-refractivity contribution in [2.45, 2.75) is 17.9 Å². The number of nitrogens with two attached hydrogens (primary N) is 1. The zero-order valence-corrected chi connectivity index (χ0v) is 12.7. The van der Waals surface area contributed by atoms with Crippen LogP contribution in [-0.2, 0) is 10.0 Å². The minimum atomic E-state index is -3.75. The molecule has 0 saturated heterocycles. The topological polar surface area (TPSA) is 94.3 Å². The van der Waals surface area contributed by atoms with Crippen molar-refractivity contribution in [3.8, 4) is 5.75 Å². The number of hydrogen-bond acceptors (Lipinski definition) is 6. The molecule has 6 nitrogen and oxygen atoms in total. The van der Waals surface area contributed by atoms with Crippen LogP contribution in [0.4, 0.5) is 5.69 Å². The van der Waals surface area contributed by atoms with E-state index in [2.05, 4.69) is 10.3 Å². The zero-order chi connectivity index (χ0) is 14.8. The fourth-order valence-electron chi connectivity index (χ4n) is 1.72. The maximum absolute atomic E-state index is 11.4. The number of rotatable bonds is 5. The van der Waals surface area contributed by atoms with E-state index in [9.17, 15) is 8.42 Å². The van der Waals surface area contributed by atoms with Gasteiger partial charge >= 0.3 is 0 Å². The Morgan fingerprint density at radius 1 is 1.45 bits per heavy atom. The summed E-state index contributed by atoms with van der Waals surface area (Å²) < 4.78 is 28.0. The Bertz CT molecular complexity index is 684. The largest absolute Gasteiger partial charge is 0.495 e. The first-order valence-electron chi connectivity index (χ1n) is 5.78. The highest BCUT2D eigenvalue weighted by atomic mass is 32.2. The molecule has 0 aliphatic heterocycles. The van der Waals surface area contributed by atoms with E-state index in [1.807, 2.05) is 12.3 Å². The monoisotopic (exact) mass is 313 g/mol. The van der Waals surface area contributed by atoms with Crippen LogP contribution in [0.25, 0.3) is 0 Å². The zero-order valence-electron chi connectivity index (χ0n) is 11.0. The second kappa shape index (κ2) is 5.78. The third kappa shape index (κ3) is 3.27. The van der Waals surface area contributed by atoms with Gasteiger partial charge in [0.05, 0.1) is 23.7 Å². The Hall–Kier alpha value is -1.64. The summed E-state index contributed by atoms with van der Waals surface area (Å²) in [4.78, 5) is 4.25. The minimum Gasteiger partial charge on any atom is -0.495 e. The number of ether oxygens (including phenoxy) is 1. The Morgan fingerprint density at radius 2 is 2.20 bits per heavy atom. The first-order valence-corrected chi connectivity index (χ1v) is 8.21. The molecule has 1 heterocycles. The van der Waals surface area contributed by atoms with Crippen molar-refractivity contribution in [1.29, 1.82) is 0 Å². The number of anilines is 1. The van der Waals surface area contributed by atoms with Gasteiger partial charge in [-0.2, -0.15) is 0 Å². The molecule has 0 spiro atoms. The average Bonchev–Trinajstić information content (AvgIpc) is 2.91. The molecular formula is C12H15N3O3S2. The van der Waals surface area contributed by atoms with E-state index in [1.54, 1.807) is 12.3 Å². The molecule has 1 aromatic heterocycles. The van der Waals surface area contributed by atoms with Crippen molar-refractivity contribution in [3.63, 3.8) is 0 Å². The van der Waals surface area contributed by atoms with Gasteiger partial charge in [0, 0.05) is 11.6 Å². The van der Waals surface area contributed by atoms with E-state index < -0.39 is 10.0 Å². The van der Waals surface area contributed by atoms with E-state index in [0.29, 0.717) is 11.4 Å². The van der Waals surface area contributed by atoms with Crippen LogP contribution in [-0.4, -0.2) is 20.5 Å². The molecule has 0 saturated carbocycles. The summed E-state index contributed by atoms with van der Waals surface area (Å²) in [6.07, 6.45) is 1.72. The van der Waals surface area contributed by atoms with Gasteiger partial charge in [-0.1, -0.05) is 0 Å². The van der Waals surface area contributed by atoms with Crippen molar-refractivity contribution >= 4 is 27.0 Å². The van der Waals surface area contributed by atoms with Gasteiger partial charge < -0.3 is 10.1 Å². The van der Waals surface area contributed by atoms with E-state index in [1.165, 1.54) is 30.6 Å². The number of thiazole rings is 1. The van der Waals surface area contributed by atoms with Crippen molar-refractivity contribution < 1.29 is 13.2 Å². The average molecular weight is 313 g/mol. The number of sulfonamides is 1. The lowest BCUT2D eigenvalue weighted by Gasteiger charge is -2.16. The van der Waals surface area contributed by atoms with Gasteiger partial charge in [0.25, 0.3) is 0 Å². The number of methoxy groups -OCH3 is 1. The van der Waals surface area contributed by atoms with Crippen LogP contribution in [0.1, 0.15) is 18.0 Å². The molecule has 0 aliphatic carbocycles. The smallest absolute Gasteiger partial charge is 0.238 e. The van der Waals surface area contributed by atoms with Crippen LogP contribution < -0.4 is 15.2 Å². The fourth-order valence-corrected chi connectivity index (χ4v) is 2.91. The summed E-state index contributed by atoms with van der Waals surface area (Å²) in [6, 6.07) is 4.36. The van der Waals surface area contributed by atoms with Gasteiger partial charge in [0.2, 0.25) is 10.0 Å². The third-order valence-corrected chi connectivity index (χ3v) is 4.56. The molecule has 0 fully saturated rings. The maximum atomic E-state index is 11.4. The lowest BCUT2D eigenvalue weighted by atomic mass is 10.2. The Labute approximate surface area is 121 Å². The predicted molar refractivity (Wildman–Crippen MR) is 78.5 cm³/mol. The number of nitrogens with zero attached hydrogens (tertiary/aromatic N) is 1. The molecule has 3 N–H and O–H groups in total. The molecule has 8 heteroatoms. The molecule has 0 aliphatic rings. The molecule has 2 rings (SSSR count). The summed E-state index contributed by atoms with van der Waals surface area (Å²) >= 11 is 1.52. The van der Waals surface area contributed by atoms with Gasteiger partial charge in [0.1, 0.15) is 10.8 Å². The van der Waals surface area contributed by atoms with Crippen molar-refractivity contribution in [2.24, 2.45) is 5.14 Å². The first kappa shape index (κ1) is 14.8. The summed E-state index contributed by atoms with van der Waals surface area (Å²) in [5, 5.41) is 11.1. The fraction of sp³-hybridized carbons (Fsp3) is 0.250. The van der Waals surface area contributed by atoms with Crippen LogP contribution in [0.3, 0.4) is 0 Å². The summed E-state index contributed by atoms with van der Waals surface area (Å²) in [7, 11) is -2.23. The van der Waals surface area contributed by atoms with E-state index in [4.69, 9.17) is 9.88 Å². The Kier molecular flexibility index (Phi) is 4.26. The molecular weight excluding hydrogens is 298 g/mol. The number of hydrogen-bond donors (Lipinski definition) is 2. The van der Waals surface area contributed by atoms with Crippen molar-refractivity contribution in [2.75, 3.05) is 12.4 Å². The molecule has 108 valence electrons. The lowest BCUT2D eigenvalue weighted by molar-refractivity contribution is 0.415. The highest BCUT2D eigenvalue weighted by Crippen LogP contribution is 2.30. The summed E-state index contributed by atoms with van der Waals surface area (Å²) in [5.74, 6) is 0.542. The Balaban J connectivity index is 2.34. The van der Waals surface area contributed by atoms with Gasteiger partial charge in [0.15, 0.2) is 0 Å². The van der Waals surface area contributed by atoms with Crippen molar-refractivity contribution in [3.05, 3.63) is 34.8 Å². The number of nitrogens with one attached hydrogen (secondary N) is 1. The molecule has 0 amide bonds. The molecule has 1 aromatic carbocycles. The van der Waals surface area contributed by atoms with Crippen LogP contribution in [0.2, 0.25) is 0 Å². The minimum absolute atomic E-state index is 0.0344. The van der Waals surface area contributed by atoms with Crippen LogP contribution in [0.15, 0.2) is 34.7 Å². The quantitative estimate of drug-likeness (QED) is 0.880. The Morgan fingerprint density at radius 3 is 2.75 bits per heavy atom. The third-order valence-electron chi connectivity index (χ3n) is 2.69. The lowest BCUT2D eigenvalue weighted by Crippen LogP contribution is -2.13. The molecule has 2 aromatic rings. The number of primary sulfonamides is 1. The van der Waals surface area contributed by atoms with Crippen LogP contribution in [0, 0.1) is 0 Å². The maximum Gasteiger partial charge on any atom is 0.238 e. The van der Waals surface area contributed by atoms with Gasteiger partial charge in [-0.25, -0.2) is 18.5 Å². The number of aromatic nitrogens is 1. The van der Waals surface area contributed by atoms with Crippen LogP contribution in [0.5, 0.6) is 5.75 Å². The molecule has 1 unspecified atom stereocenters. The first-order chi connectivity index (χ1) is 9.41. The highest BCUT2D eigenvalue weighted by molar-refractivity contribution is 7.89.